The van der Waals surface area contributed by atoms with Gasteiger partial charge in [0.2, 0.25) is 5.95 Å². The smallest absolute Gasteiger partial charge is 0.264 e. The molecule has 0 aliphatic carbocycles. The lowest BCUT2D eigenvalue weighted by Crippen LogP contribution is -2.43. The molecule has 46 heavy (non-hydrogen) atoms. The van der Waals surface area contributed by atoms with Gasteiger partial charge in [-0.05, 0) is 61.1 Å². The number of amides is 1. The minimum Gasteiger partial charge on any atom is -0.322 e. The van der Waals surface area contributed by atoms with Crippen LogP contribution in [0.25, 0.3) is 11.3 Å². The first-order valence-corrected chi connectivity index (χ1v) is 17.0. The summed E-state index contributed by atoms with van der Waals surface area (Å²) < 4.78 is 29.5. The predicted octanol–water partition coefficient (Wildman–Crippen LogP) is 6.19. The van der Waals surface area contributed by atoms with Crippen LogP contribution in [-0.2, 0) is 16.6 Å². The third-order valence-electron chi connectivity index (χ3n) is 7.93. The zero-order valence-corrected chi connectivity index (χ0v) is 28.0. The van der Waals surface area contributed by atoms with Crippen LogP contribution in [0.5, 0.6) is 0 Å². The standard InChI is InChI=1S/C34H39ClN6O4S/c1-23(2)16-28-20-40(22-41(43)21-39(28)19-26-12-6-5-7-13-26)33(42)27-14-9-15-29(17-27)46(44,45)38-34-36-30(18-31(35)37-34)32-24(3)10-8-11-25(32)4/h5-15,17-18,23,28,43H,16,19-22H2,1-4H3,(H,36,37,38)/t28-/m0/s1. The summed E-state index contributed by atoms with van der Waals surface area (Å²) in [5, 5.41) is 12.0. The van der Waals surface area contributed by atoms with Crippen molar-refractivity contribution >= 4 is 33.5 Å². The SMILES string of the molecule is Cc1cccc(C)c1-c1cc(Cl)nc(NS(=O)(=O)c2cccc(C(=O)N3C[C@H](CC(C)C)N(Cc4ccccc4)CN(O)C3)c2)n1. The third-order valence-corrected chi connectivity index (χ3v) is 9.45. The number of anilines is 1. The van der Waals surface area contributed by atoms with Gasteiger partial charge in [0.1, 0.15) is 5.15 Å². The Balaban J connectivity index is 1.38. The predicted molar refractivity (Wildman–Crippen MR) is 179 cm³/mol. The van der Waals surface area contributed by atoms with Gasteiger partial charge >= 0.3 is 0 Å². The van der Waals surface area contributed by atoms with E-state index in [4.69, 9.17) is 11.6 Å². The molecule has 0 radical (unpaired) electrons. The molecule has 1 aliphatic heterocycles. The number of carbonyl (C=O) groups is 1. The summed E-state index contributed by atoms with van der Waals surface area (Å²) in [6.45, 7) is 9.37. The van der Waals surface area contributed by atoms with Crippen LogP contribution in [0, 0.1) is 19.8 Å². The quantitative estimate of drug-likeness (QED) is 0.204. The lowest BCUT2D eigenvalue weighted by Gasteiger charge is -2.32. The molecule has 242 valence electrons. The molecule has 0 bridgehead atoms. The zero-order valence-electron chi connectivity index (χ0n) is 26.4. The molecule has 0 spiro atoms. The van der Waals surface area contributed by atoms with Gasteiger partial charge in [-0.2, -0.15) is 5.06 Å². The summed E-state index contributed by atoms with van der Waals surface area (Å²) in [6.07, 6.45) is 0.812. The summed E-state index contributed by atoms with van der Waals surface area (Å²) in [4.78, 5) is 26.0. The normalized spacial score (nSPS) is 16.4. The summed E-state index contributed by atoms with van der Waals surface area (Å²) in [6, 6.07) is 23.2. The van der Waals surface area contributed by atoms with Gasteiger partial charge in [0.05, 0.1) is 23.9 Å². The Morgan fingerprint density at radius 1 is 0.978 bits per heavy atom. The lowest BCUT2D eigenvalue weighted by atomic mass is 10.00. The molecule has 2 heterocycles. The maximum Gasteiger partial charge on any atom is 0.264 e. The Labute approximate surface area is 275 Å². The number of carbonyl (C=O) groups excluding carboxylic acids is 1. The van der Waals surface area contributed by atoms with E-state index in [-0.39, 0.29) is 46.8 Å². The van der Waals surface area contributed by atoms with Crippen molar-refractivity contribution in [3.05, 3.63) is 106 Å². The molecule has 1 fully saturated rings. The first kappa shape index (κ1) is 33.5. The number of halogens is 1. The largest absolute Gasteiger partial charge is 0.322 e. The van der Waals surface area contributed by atoms with Crippen LogP contribution in [0.4, 0.5) is 5.95 Å². The minimum absolute atomic E-state index is 0.0224. The Bertz CT molecular complexity index is 1780. The highest BCUT2D eigenvalue weighted by Gasteiger charge is 2.32. The van der Waals surface area contributed by atoms with Gasteiger partial charge in [-0.25, -0.2) is 23.1 Å². The van der Waals surface area contributed by atoms with Gasteiger partial charge in [0.25, 0.3) is 15.9 Å². The monoisotopic (exact) mass is 662 g/mol. The fraction of sp³-hybridized carbons (Fsp3) is 0.324. The van der Waals surface area contributed by atoms with Gasteiger partial charge in [0, 0.05) is 36.3 Å². The van der Waals surface area contributed by atoms with Crippen LogP contribution in [0.1, 0.15) is 47.3 Å². The highest BCUT2D eigenvalue weighted by Crippen LogP contribution is 2.29. The number of rotatable bonds is 9. The van der Waals surface area contributed by atoms with E-state index in [1.54, 1.807) is 17.0 Å². The van der Waals surface area contributed by atoms with Crippen molar-refractivity contribution in [1.29, 1.82) is 0 Å². The number of aromatic nitrogens is 2. The number of sulfonamides is 1. The summed E-state index contributed by atoms with van der Waals surface area (Å²) >= 11 is 6.29. The Hall–Kier alpha value is -3.87. The van der Waals surface area contributed by atoms with E-state index >= 15 is 0 Å². The topological polar surface area (TPSA) is 119 Å². The first-order valence-electron chi connectivity index (χ1n) is 15.1. The molecule has 12 heteroatoms. The van der Waals surface area contributed by atoms with Crippen molar-refractivity contribution in [3.8, 4) is 11.3 Å². The van der Waals surface area contributed by atoms with Crippen LogP contribution in [-0.4, -0.2) is 70.3 Å². The van der Waals surface area contributed by atoms with Crippen LogP contribution in [0.3, 0.4) is 0 Å². The van der Waals surface area contributed by atoms with Gasteiger partial charge < -0.3 is 10.1 Å². The number of hydrogen-bond donors (Lipinski definition) is 2. The van der Waals surface area contributed by atoms with Crippen molar-refractivity contribution in [2.24, 2.45) is 5.92 Å². The Morgan fingerprint density at radius 2 is 1.67 bits per heavy atom. The maximum absolute atomic E-state index is 13.9. The molecule has 10 nitrogen and oxygen atoms in total. The Morgan fingerprint density at radius 3 is 2.37 bits per heavy atom. The molecule has 1 aliphatic rings. The third kappa shape index (κ3) is 8.09. The van der Waals surface area contributed by atoms with Gasteiger partial charge in [-0.3, -0.25) is 9.69 Å². The van der Waals surface area contributed by atoms with Crippen LogP contribution >= 0.6 is 11.6 Å². The van der Waals surface area contributed by atoms with E-state index in [0.29, 0.717) is 24.7 Å². The highest BCUT2D eigenvalue weighted by molar-refractivity contribution is 7.92. The van der Waals surface area contributed by atoms with Crippen molar-refractivity contribution < 1.29 is 18.4 Å². The second-order valence-electron chi connectivity index (χ2n) is 12.1. The van der Waals surface area contributed by atoms with E-state index in [0.717, 1.165) is 33.7 Å². The van der Waals surface area contributed by atoms with E-state index in [1.165, 1.54) is 18.2 Å². The average molecular weight is 663 g/mol. The molecular weight excluding hydrogens is 624 g/mol. The molecule has 4 aromatic rings. The molecule has 2 N–H and O–H groups in total. The van der Waals surface area contributed by atoms with Gasteiger partial charge in [-0.1, -0.05) is 80.0 Å². The van der Waals surface area contributed by atoms with Gasteiger partial charge in [-0.15, -0.1) is 0 Å². The van der Waals surface area contributed by atoms with E-state index < -0.39 is 10.0 Å². The molecule has 1 aromatic heterocycles. The van der Waals surface area contributed by atoms with Crippen molar-refractivity contribution in [2.75, 3.05) is 24.6 Å². The van der Waals surface area contributed by atoms with E-state index in [9.17, 15) is 18.4 Å². The molecule has 0 unspecified atom stereocenters. The number of benzene rings is 3. The summed E-state index contributed by atoms with van der Waals surface area (Å²) in [5.74, 6) is -0.211. The van der Waals surface area contributed by atoms with Crippen molar-refractivity contribution in [1.82, 2.24) is 24.8 Å². The number of nitrogens with zero attached hydrogens (tertiary/aromatic N) is 5. The molecule has 5 rings (SSSR count). The Kier molecular flexibility index (Phi) is 10.4. The lowest BCUT2D eigenvalue weighted by molar-refractivity contribution is -0.137. The second kappa shape index (κ2) is 14.3. The van der Waals surface area contributed by atoms with Crippen LogP contribution in [0.15, 0.2) is 83.8 Å². The van der Waals surface area contributed by atoms with Crippen molar-refractivity contribution in [3.63, 3.8) is 0 Å². The minimum atomic E-state index is -4.20. The number of hydroxylamine groups is 2. The number of aryl methyl sites for hydroxylation is 2. The van der Waals surface area contributed by atoms with Crippen LogP contribution in [0.2, 0.25) is 5.15 Å². The molecule has 1 atom stereocenters. The maximum atomic E-state index is 13.9. The second-order valence-corrected chi connectivity index (χ2v) is 14.2. The molecule has 3 aromatic carbocycles. The van der Waals surface area contributed by atoms with Crippen LogP contribution < -0.4 is 4.72 Å². The fourth-order valence-electron chi connectivity index (χ4n) is 5.87. The summed E-state index contributed by atoms with van der Waals surface area (Å²) in [5.41, 5.74) is 4.55. The molecule has 0 saturated carbocycles. The van der Waals surface area contributed by atoms with E-state index in [1.807, 2.05) is 62.4 Å². The molecule has 1 amide bonds. The number of hydrogen-bond acceptors (Lipinski definition) is 8. The zero-order chi connectivity index (χ0) is 33.0. The molecule has 1 saturated heterocycles. The van der Waals surface area contributed by atoms with E-state index in [2.05, 4.69) is 33.4 Å². The number of nitrogens with one attached hydrogen (secondary N) is 1. The van der Waals surface area contributed by atoms with Crippen molar-refractivity contribution in [2.45, 2.75) is 51.6 Å². The highest BCUT2D eigenvalue weighted by atomic mass is 35.5. The average Bonchev–Trinajstić information content (AvgIpc) is 3.14. The van der Waals surface area contributed by atoms with Gasteiger partial charge in [0.15, 0.2) is 0 Å². The fourth-order valence-corrected chi connectivity index (χ4v) is 7.05. The molecular formula is C34H39ClN6O4S. The summed E-state index contributed by atoms with van der Waals surface area (Å²) in [7, 11) is -4.20. The first-order chi connectivity index (χ1) is 21.9.